The summed E-state index contributed by atoms with van der Waals surface area (Å²) >= 11 is 1.41. The van der Waals surface area contributed by atoms with Crippen LogP contribution in [0, 0.1) is 5.82 Å². The fraction of sp³-hybridized carbons (Fsp3) is 0.190. The lowest BCUT2D eigenvalue weighted by atomic mass is 10.3. The number of amides is 1. The molecule has 1 aliphatic rings. The van der Waals surface area contributed by atoms with E-state index in [1.807, 2.05) is 17.5 Å². The number of carbonyl (C=O) groups is 1. The molecule has 3 aromatic rings. The van der Waals surface area contributed by atoms with E-state index < -0.39 is 15.8 Å². The van der Waals surface area contributed by atoms with Gasteiger partial charge in [-0.05, 0) is 54.3 Å². The molecule has 2 aromatic carbocycles. The van der Waals surface area contributed by atoms with Gasteiger partial charge in [0.15, 0.2) is 0 Å². The quantitative estimate of drug-likeness (QED) is 0.582. The number of thiophene rings is 1. The number of hydrogen-bond donors (Lipinski definition) is 0. The molecule has 1 amide bonds. The van der Waals surface area contributed by atoms with Crippen LogP contribution in [0.1, 0.15) is 17.7 Å². The van der Waals surface area contributed by atoms with E-state index in [1.165, 1.54) is 41.7 Å². The number of rotatable bonds is 6. The van der Waals surface area contributed by atoms with E-state index in [0.717, 1.165) is 15.6 Å². The van der Waals surface area contributed by atoms with E-state index in [1.54, 1.807) is 23.1 Å². The Morgan fingerprint density at radius 2 is 1.79 bits per heavy atom. The van der Waals surface area contributed by atoms with Crippen molar-refractivity contribution in [2.75, 3.05) is 15.7 Å². The molecule has 8 heteroatoms. The number of carbonyl (C=O) groups excluding carboxylic acids is 1. The van der Waals surface area contributed by atoms with E-state index in [2.05, 4.69) is 0 Å². The number of halogens is 1. The van der Waals surface area contributed by atoms with E-state index in [-0.39, 0.29) is 23.0 Å². The lowest BCUT2D eigenvalue weighted by molar-refractivity contribution is -0.117. The Balaban J connectivity index is 1.71. The van der Waals surface area contributed by atoms with Crippen LogP contribution in [-0.4, -0.2) is 20.9 Å². The smallest absolute Gasteiger partial charge is 0.264 e. The second-order valence-electron chi connectivity index (χ2n) is 6.69. The summed E-state index contributed by atoms with van der Waals surface area (Å²) in [5.74, 6) is -0.571. The highest BCUT2D eigenvalue weighted by atomic mass is 32.2. The molecule has 1 fully saturated rings. The maximum atomic E-state index is 14.5. The highest BCUT2D eigenvalue weighted by Crippen LogP contribution is 2.30. The summed E-state index contributed by atoms with van der Waals surface area (Å²) in [5.41, 5.74) is 0.668. The van der Waals surface area contributed by atoms with Crippen LogP contribution >= 0.6 is 11.3 Å². The zero-order chi connectivity index (χ0) is 20.4. The molecule has 0 spiro atoms. The van der Waals surface area contributed by atoms with Crippen molar-refractivity contribution < 1.29 is 17.6 Å². The van der Waals surface area contributed by atoms with Gasteiger partial charge in [-0.3, -0.25) is 9.10 Å². The highest BCUT2D eigenvalue weighted by molar-refractivity contribution is 7.92. The van der Waals surface area contributed by atoms with Crippen LogP contribution in [0.5, 0.6) is 0 Å². The molecule has 0 aliphatic carbocycles. The van der Waals surface area contributed by atoms with E-state index in [4.69, 9.17) is 0 Å². The van der Waals surface area contributed by atoms with Crippen molar-refractivity contribution in [1.82, 2.24) is 0 Å². The summed E-state index contributed by atoms with van der Waals surface area (Å²) in [6, 6.07) is 15.7. The molecule has 1 aliphatic heterocycles. The molecule has 0 unspecified atom stereocenters. The van der Waals surface area contributed by atoms with Crippen molar-refractivity contribution in [2.24, 2.45) is 0 Å². The standard InChI is InChI=1S/C21H19FN2O3S2/c22-19-6-1-2-7-20(19)24(15-17-5-4-14-28-17)29(26,27)18-11-9-16(10-12-18)23-13-3-8-21(23)25/h1-2,4-7,9-12,14H,3,8,13,15H2. The lowest BCUT2D eigenvalue weighted by Gasteiger charge is -2.25. The topological polar surface area (TPSA) is 57.7 Å². The Kier molecular flexibility index (Phi) is 5.38. The van der Waals surface area contributed by atoms with Gasteiger partial charge in [-0.1, -0.05) is 18.2 Å². The summed E-state index contributed by atoms with van der Waals surface area (Å²) in [6.07, 6.45) is 1.29. The number of sulfonamides is 1. The number of benzene rings is 2. The molecule has 29 heavy (non-hydrogen) atoms. The summed E-state index contributed by atoms with van der Waals surface area (Å²) in [6.45, 7) is 0.665. The van der Waals surface area contributed by atoms with Crippen LogP contribution in [0.4, 0.5) is 15.8 Å². The molecule has 0 radical (unpaired) electrons. The third-order valence-corrected chi connectivity index (χ3v) is 7.45. The first kappa shape index (κ1) is 19.6. The fourth-order valence-corrected chi connectivity index (χ4v) is 5.57. The second kappa shape index (κ2) is 7.96. The predicted molar refractivity (Wildman–Crippen MR) is 112 cm³/mol. The van der Waals surface area contributed by atoms with Crippen LogP contribution < -0.4 is 9.21 Å². The first-order valence-corrected chi connectivity index (χ1v) is 11.5. The van der Waals surface area contributed by atoms with Gasteiger partial charge in [0.2, 0.25) is 5.91 Å². The molecular weight excluding hydrogens is 411 g/mol. The van der Waals surface area contributed by atoms with Crippen molar-refractivity contribution in [3.63, 3.8) is 0 Å². The van der Waals surface area contributed by atoms with Crippen molar-refractivity contribution >= 4 is 38.6 Å². The Morgan fingerprint density at radius 3 is 2.41 bits per heavy atom. The van der Waals surface area contributed by atoms with Crippen LogP contribution in [0.2, 0.25) is 0 Å². The molecule has 0 atom stereocenters. The Labute approximate surface area is 173 Å². The van der Waals surface area contributed by atoms with Gasteiger partial charge in [-0.2, -0.15) is 0 Å². The minimum atomic E-state index is -4.01. The second-order valence-corrected chi connectivity index (χ2v) is 9.58. The normalized spacial score (nSPS) is 14.4. The molecule has 5 nitrogen and oxygen atoms in total. The first-order chi connectivity index (χ1) is 14.0. The maximum absolute atomic E-state index is 14.5. The maximum Gasteiger partial charge on any atom is 0.264 e. The third-order valence-electron chi connectivity index (χ3n) is 4.81. The van der Waals surface area contributed by atoms with Gasteiger partial charge in [0.05, 0.1) is 17.1 Å². The molecule has 0 saturated carbocycles. The predicted octanol–water partition coefficient (Wildman–Crippen LogP) is 4.41. The Morgan fingerprint density at radius 1 is 1.03 bits per heavy atom. The number of anilines is 2. The van der Waals surface area contributed by atoms with Crippen molar-refractivity contribution in [2.45, 2.75) is 24.3 Å². The van der Waals surface area contributed by atoms with Crippen LogP contribution in [-0.2, 0) is 21.4 Å². The number of para-hydroxylation sites is 1. The SMILES string of the molecule is O=C1CCCN1c1ccc(S(=O)(=O)N(Cc2cccs2)c2ccccc2F)cc1. The molecule has 0 N–H and O–H groups in total. The minimum absolute atomic E-state index is 0.000280. The van der Waals surface area contributed by atoms with E-state index in [9.17, 15) is 17.6 Å². The van der Waals surface area contributed by atoms with E-state index >= 15 is 0 Å². The summed E-state index contributed by atoms with van der Waals surface area (Å²) < 4.78 is 42.3. The average Bonchev–Trinajstić information content (AvgIpc) is 3.38. The molecule has 2 heterocycles. The summed E-state index contributed by atoms with van der Waals surface area (Å²) in [7, 11) is -4.01. The number of nitrogens with zero attached hydrogens (tertiary/aromatic N) is 2. The molecule has 0 bridgehead atoms. The Bertz CT molecular complexity index is 1110. The first-order valence-electron chi connectivity index (χ1n) is 9.17. The van der Waals surface area contributed by atoms with Gasteiger partial charge in [-0.25, -0.2) is 12.8 Å². The minimum Gasteiger partial charge on any atom is -0.312 e. The van der Waals surface area contributed by atoms with Gasteiger partial charge >= 0.3 is 0 Å². The molecule has 1 aromatic heterocycles. The van der Waals surface area contributed by atoms with Gasteiger partial charge < -0.3 is 4.90 Å². The van der Waals surface area contributed by atoms with Crippen molar-refractivity contribution in [1.29, 1.82) is 0 Å². The molecular formula is C21H19FN2O3S2. The van der Waals surface area contributed by atoms with Crippen molar-refractivity contribution in [3.8, 4) is 0 Å². The summed E-state index contributed by atoms with van der Waals surface area (Å²) in [5, 5.41) is 1.85. The average molecular weight is 431 g/mol. The van der Waals surface area contributed by atoms with Gasteiger partial charge in [-0.15, -0.1) is 11.3 Å². The van der Waals surface area contributed by atoms with Gasteiger partial charge in [0, 0.05) is 23.5 Å². The van der Waals surface area contributed by atoms with Gasteiger partial charge in [0.25, 0.3) is 10.0 Å². The number of hydrogen-bond acceptors (Lipinski definition) is 4. The summed E-state index contributed by atoms with van der Waals surface area (Å²) in [4.78, 5) is 14.4. The Hall–Kier alpha value is -2.71. The third kappa shape index (κ3) is 3.90. The monoisotopic (exact) mass is 430 g/mol. The van der Waals surface area contributed by atoms with Crippen LogP contribution in [0.3, 0.4) is 0 Å². The largest absolute Gasteiger partial charge is 0.312 e. The molecule has 1 saturated heterocycles. The highest BCUT2D eigenvalue weighted by Gasteiger charge is 2.28. The zero-order valence-corrected chi connectivity index (χ0v) is 17.1. The fourth-order valence-electron chi connectivity index (χ4n) is 3.34. The van der Waals surface area contributed by atoms with Crippen LogP contribution in [0.15, 0.2) is 70.9 Å². The van der Waals surface area contributed by atoms with E-state index in [0.29, 0.717) is 18.7 Å². The molecule has 4 rings (SSSR count). The lowest BCUT2D eigenvalue weighted by Crippen LogP contribution is -2.31. The molecule has 150 valence electrons. The van der Waals surface area contributed by atoms with Crippen LogP contribution in [0.25, 0.3) is 0 Å². The van der Waals surface area contributed by atoms with Gasteiger partial charge in [0.1, 0.15) is 5.82 Å². The van der Waals surface area contributed by atoms with Crippen molar-refractivity contribution in [3.05, 3.63) is 76.7 Å². The zero-order valence-electron chi connectivity index (χ0n) is 15.5.